The molecule has 1 aliphatic rings. The second-order valence-corrected chi connectivity index (χ2v) is 7.46. The molecule has 2 atom stereocenters. The molecule has 24 heavy (non-hydrogen) atoms. The van der Waals surface area contributed by atoms with E-state index in [9.17, 15) is 14.4 Å². The third kappa shape index (κ3) is 6.86. The van der Waals surface area contributed by atoms with Gasteiger partial charge in [-0.1, -0.05) is 0 Å². The lowest BCUT2D eigenvalue weighted by Gasteiger charge is -2.34. The molecule has 1 aliphatic heterocycles. The zero-order valence-corrected chi connectivity index (χ0v) is 15.6. The van der Waals surface area contributed by atoms with E-state index in [0.717, 1.165) is 17.7 Å². The molecule has 1 unspecified atom stereocenters. The van der Waals surface area contributed by atoms with Crippen LogP contribution in [0.4, 0.5) is 0 Å². The van der Waals surface area contributed by atoms with Crippen LogP contribution >= 0.6 is 0 Å². The molecule has 0 aliphatic carbocycles. The lowest BCUT2D eigenvalue weighted by molar-refractivity contribution is -0.863. The van der Waals surface area contributed by atoms with Crippen molar-refractivity contribution in [2.24, 2.45) is 0 Å². The first kappa shape index (κ1) is 20.4. The summed E-state index contributed by atoms with van der Waals surface area (Å²) in [6.45, 7) is 8.82. The Morgan fingerprint density at radius 2 is 1.88 bits per heavy atom. The van der Waals surface area contributed by atoms with Gasteiger partial charge in [-0.25, -0.2) is 4.79 Å². The number of rotatable bonds is 6. The Morgan fingerprint density at radius 1 is 1.21 bits per heavy atom. The Bertz CT molecular complexity index is 459. The molecule has 0 saturated carbocycles. The van der Waals surface area contributed by atoms with E-state index in [2.05, 4.69) is 5.32 Å². The largest absolute Gasteiger partial charge is 0.464 e. The van der Waals surface area contributed by atoms with Crippen LogP contribution in [0.1, 0.15) is 47.0 Å². The zero-order valence-electron chi connectivity index (χ0n) is 15.6. The molecule has 1 saturated heterocycles. The molecule has 7 nitrogen and oxygen atoms in total. The highest BCUT2D eigenvalue weighted by Crippen LogP contribution is 2.18. The van der Waals surface area contributed by atoms with E-state index in [1.807, 2.05) is 27.8 Å². The molecule has 2 N–H and O–H groups in total. The van der Waals surface area contributed by atoms with Crippen molar-refractivity contribution < 1.29 is 24.0 Å². The van der Waals surface area contributed by atoms with Gasteiger partial charge in [-0.3, -0.25) is 9.59 Å². The lowest BCUT2D eigenvalue weighted by atomic mass is 10.0. The Kier molecular flexibility index (Phi) is 7.66. The van der Waals surface area contributed by atoms with Crippen molar-refractivity contribution in [3.63, 3.8) is 0 Å². The highest BCUT2D eigenvalue weighted by molar-refractivity contribution is 5.85. The van der Waals surface area contributed by atoms with Crippen molar-refractivity contribution in [2.75, 3.05) is 33.3 Å². The molecular weight excluding hydrogens is 310 g/mol. The van der Waals surface area contributed by atoms with Gasteiger partial charge in [-0.15, -0.1) is 0 Å². The van der Waals surface area contributed by atoms with E-state index in [1.54, 1.807) is 11.8 Å². The van der Waals surface area contributed by atoms with Crippen molar-refractivity contribution in [1.29, 1.82) is 0 Å². The number of quaternary nitrogens is 1. The van der Waals surface area contributed by atoms with Crippen LogP contribution in [0.3, 0.4) is 0 Å². The van der Waals surface area contributed by atoms with E-state index < -0.39 is 6.04 Å². The minimum Gasteiger partial charge on any atom is -0.464 e. The van der Waals surface area contributed by atoms with E-state index in [4.69, 9.17) is 4.74 Å². The first-order valence-electron chi connectivity index (χ1n) is 8.72. The fourth-order valence-electron chi connectivity index (χ4n) is 2.87. The summed E-state index contributed by atoms with van der Waals surface area (Å²) in [6, 6.07) is -0.484. The van der Waals surface area contributed by atoms with E-state index in [0.29, 0.717) is 19.6 Å². The van der Waals surface area contributed by atoms with Crippen molar-refractivity contribution in [2.45, 2.75) is 58.5 Å². The summed E-state index contributed by atoms with van der Waals surface area (Å²) < 4.78 is 5.08. The minimum absolute atomic E-state index is 0.0895. The third-order valence-corrected chi connectivity index (χ3v) is 3.81. The quantitative estimate of drug-likeness (QED) is 0.629. The highest BCUT2D eigenvalue weighted by Gasteiger charge is 2.34. The fraction of sp³-hybridized carbons (Fsp3) is 0.824. The topological polar surface area (TPSA) is 80.2 Å². The van der Waals surface area contributed by atoms with Gasteiger partial charge in [0.25, 0.3) is 11.8 Å². The minimum atomic E-state index is -0.484. The molecule has 0 aromatic heterocycles. The average Bonchev–Trinajstić information content (AvgIpc) is 2.45. The number of ether oxygens (including phenoxy) is 1. The molecule has 0 radical (unpaired) electrons. The van der Waals surface area contributed by atoms with Crippen LogP contribution in [-0.4, -0.2) is 67.6 Å². The van der Waals surface area contributed by atoms with Crippen molar-refractivity contribution in [1.82, 2.24) is 10.2 Å². The van der Waals surface area contributed by atoms with Crippen LogP contribution in [0.2, 0.25) is 0 Å². The Labute approximate surface area is 144 Å². The maximum atomic E-state index is 12.6. The summed E-state index contributed by atoms with van der Waals surface area (Å²) in [5.74, 6) is -0.518. The van der Waals surface area contributed by atoms with Gasteiger partial charge in [0.2, 0.25) is 0 Å². The summed E-state index contributed by atoms with van der Waals surface area (Å²) in [6.07, 6.45) is 2.46. The molecule has 0 spiro atoms. The predicted molar refractivity (Wildman–Crippen MR) is 90.5 cm³/mol. The standard InChI is InChI=1S/C17H31N3O4/c1-6-24-16(23)13-9-7-8-10-20(13)15(22)12-19(5)11-14(21)18-17(2,3)4/h13H,6-12H2,1-5H3,(H,18,21)/p+1/t13-/m0/s1. The molecule has 0 bridgehead atoms. The van der Waals surface area contributed by atoms with Crippen LogP contribution in [0, 0.1) is 0 Å². The molecule has 1 fully saturated rings. The number of esters is 1. The summed E-state index contributed by atoms with van der Waals surface area (Å²) in [4.78, 5) is 39.0. The SMILES string of the molecule is CCOC(=O)[C@@H]1CCCCN1C(=O)C[NH+](C)CC(=O)NC(C)(C)C. The summed E-state index contributed by atoms with van der Waals surface area (Å²) in [5.41, 5.74) is -0.288. The molecule has 2 amide bonds. The molecule has 138 valence electrons. The second-order valence-electron chi connectivity index (χ2n) is 7.46. The Morgan fingerprint density at radius 3 is 2.46 bits per heavy atom. The number of hydrogen-bond acceptors (Lipinski definition) is 4. The normalized spacial score (nSPS) is 19.5. The Balaban J connectivity index is 2.57. The molecular formula is C17H32N3O4+. The monoisotopic (exact) mass is 342 g/mol. The number of carbonyl (C=O) groups is 3. The predicted octanol–water partition coefficient (Wildman–Crippen LogP) is -0.640. The number of likely N-dealkylation sites (tertiary alicyclic amines) is 1. The molecule has 7 heteroatoms. The second kappa shape index (κ2) is 9.01. The number of piperidine rings is 1. The molecule has 1 rings (SSSR count). The fourth-order valence-corrected chi connectivity index (χ4v) is 2.87. The van der Waals surface area contributed by atoms with Crippen molar-refractivity contribution in [3.8, 4) is 0 Å². The van der Waals surface area contributed by atoms with Gasteiger partial charge in [0.15, 0.2) is 13.1 Å². The van der Waals surface area contributed by atoms with Gasteiger partial charge in [-0.05, 0) is 47.0 Å². The van der Waals surface area contributed by atoms with E-state index in [-0.39, 0.29) is 36.4 Å². The number of likely N-dealkylation sites (N-methyl/N-ethyl adjacent to an activating group) is 1. The van der Waals surface area contributed by atoms with Gasteiger partial charge >= 0.3 is 5.97 Å². The van der Waals surface area contributed by atoms with E-state index in [1.165, 1.54) is 0 Å². The molecule has 0 aromatic rings. The van der Waals surface area contributed by atoms with Crippen LogP contribution < -0.4 is 10.2 Å². The highest BCUT2D eigenvalue weighted by atomic mass is 16.5. The smallest absolute Gasteiger partial charge is 0.328 e. The number of hydrogen-bond donors (Lipinski definition) is 2. The third-order valence-electron chi connectivity index (χ3n) is 3.81. The molecule has 1 heterocycles. The van der Waals surface area contributed by atoms with Gasteiger partial charge in [0.1, 0.15) is 6.04 Å². The first-order valence-corrected chi connectivity index (χ1v) is 8.72. The number of nitrogens with zero attached hydrogens (tertiary/aromatic N) is 1. The summed E-state index contributed by atoms with van der Waals surface area (Å²) >= 11 is 0. The average molecular weight is 342 g/mol. The van der Waals surface area contributed by atoms with Gasteiger partial charge in [0, 0.05) is 12.1 Å². The van der Waals surface area contributed by atoms with Crippen LogP contribution in [0.15, 0.2) is 0 Å². The number of amides is 2. The summed E-state index contributed by atoms with van der Waals surface area (Å²) in [7, 11) is 1.81. The van der Waals surface area contributed by atoms with Crippen LogP contribution in [0.5, 0.6) is 0 Å². The van der Waals surface area contributed by atoms with Crippen molar-refractivity contribution in [3.05, 3.63) is 0 Å². The van der Waals surface area contributed by atoms with Crippen LogP contribution in [-0.2, 0) is 19.1 Å². The van der Waals surface area contributed by atoms with Crippen molar-refractivity contribution >= 4 is 17.8 Å². The van der Waals surface area contributed by atoms with E-state index >= 15 is 0 Å². The van der Waals surface area contributed by atoms with Gasteiger partial charge < -0.3 is 19.9 Å². The lowest BCUT2D eigenvalue weighted by Crippen LogP contribution is -3.11. The number of nitrogens with one attached hydrogen (secondary N) is 2. The number of carbonyl (C=O) groups excluding carboxylic acids is 3. The molecule has 0 aromatic carbocycles. The van der Waals surface area contributed by atoms with Gasteiger partial charge in [-0.2, -0.15) is 0 Å². The maximum Gasteiger partial charge on any atom is 0.328 e. The maximum absolute atomic E-state index is 12.6. The van der Waals surface area contributed by atoms with Crippen LogP contribution in [0.25, 0.3) is 0 Å². The zero-order chi connectivity index (χ0) is 18.3. The first-order chi connectivity index (χ1) is 11.1. The summed E-state index contributed by atoms with van der Waals surface area (Å²) in [5, 5.41) is 2.89. The van der Waals surface area contributed by atoms with Gasteiger partial charge in [0.05, 0.1) is 13.7 Å². The Hall–Kier alpha value is -1.63.